The lowest BCUT2D eigenvalue weighted by Crippen LogP contribution is -2.45. The summed E-state index contributed by atoms with van der Waals surface area (Å²) in [5.74, 6) is -0.562. The lowest BCUT2D eigenvalue weighted by atomic mass is 10.0. The number of aromatic nitrogens is 2. The van der Waals surface area contributed by atoms with Gasteiger partial charge < -0.3 is 25.4 Å². The number of hydrogen-bond acceptors (Lipinski definition) is 7. The molecule has 0 radical (unpaired) electrons. The molecule has 1 aliphatic carbocycles. The Morgan fingerprint density at radius 3 is 2.35 bits per heavy atom. The fraction of sp³-hybridized carbons (Fsp3) is 0.560. The minimum absolute atomic E-state index is 0.00832. The minimum Gasteiger partial charge on any atom is -0.367 e. The number of amides is 1. The normalized spacial score (nSPS) is 21.6. The summed E-state index contributed by atoms with van der Waals surface area (Å²) in [4.78, 5) is 23.0. The standard InChI is InChI=1S/C25H34F3N6O2P/c1-34-12-10-18(11-13-34)31-23(35)16-4-5-19(14-16)30-22-21(25(26,27)28)15-29-24(33-22)32-17-6-8-20(9-7-17)37(2,3)36/h6-9,15-16,18-19H,4-5,10-14H2,1-3H3,(H,31,35)(H2,29,30,32,33). The van der Waals surface area contributed by atoms with Gasteiger partial charge in [0.25, 0.3) is 0 Å². The number of likely N-dealkylation sites (tertiary alicyclic amines) is 1. The second-order valence-electron chi connectivity index (χ2n) is 10.4. The molecule has 2 aliphatic rings. The number of benzene rings is 1. The van der Waals surface area contributed by atoms with Gasteiger partial charge in [0.15, 0.2) is 0 Å². The molecule has 4 rings (SSSR count). The first-order valence-corrected chi connectivity index (χ1v) is 15.1. The molecular formula is C25H34F3N6O2P. The summed E-state index contributed by atoms with van der Waals surface area (Å²) < 4.78 is 53.3. The summed E-state index contributed by atoms with van der Waals surface area (Å²) in [6, 6.07) is 6.64. The van der Waals surface area contributed by atoms with E-state index in [0.717, 1.165) is 32.1 Å². The van der Waals surface area contributed by atoms with Crippen molar-refractivity contribution in [1.29, 1.82) is 0 Å². The highest BCUT2D eigenvalue weighted by Gasteiger charge is 2.37. The van der Waals surface area contributed by atoms with Crippen LogP contribution in [-0.2, 0) is 15.5 Å². The highest BCUT2D eigenvalue weighted by atomic mass is 31.2. The van der Waals surface area contributed by atoms with Crippen molar-refractivity contribution in [1.82, 2.24) is 20.2 Å². The Hall–Kier alpha value is -2.65. The Morgan fingerprint density at radius 1 is 1.05 bits per heavy atom. The van der Waals surface area contributed by atoms with Gasteiger partial charge in [-0.1, -0.05) is 0 Å². The molecule has 1 aromatic heterocycles. The molecule has 37 heavy (non-hydrogen) atoms. The van der Waals surface area contributed by atoms with Crippen molar-refractivity contribution in [3.8, 4) is 0 Å². The molecule has 2 fully saturated rings. The number of carbonyl (C=O) groups is 1. The van der Waals surface area contributed by atoms with E-state index in [1.54, 1.807) is 37.6 Å². The van der Waals surface area contributed by atoms with Crippen LogP contribution < -0.4 is 21.3 Å². The predicted octanol–water partition coefficient (Wildman–Crippen LogP) is 4.28. The van der Waals surface area contributed by atoms with Gasteiger partial charge in [-0.15, -0.1) is 0 Å². The zero-order chi connectivity index (χ0) is 26.8. The van der Waals surface area contributed by atoms with E-state index in [4.69, 9.17) is 0 Å². The predicted molar refractivity (Wildman–Crippen MR) is 139 cm³/mol. The maximum Gasteiger partial charge on any atom is 0.421 e. The van der Waals surface area contributed by atoms with E-state index >= 15 is 0 Å². The molecule has 1 amide bonds. The van der Waals surface area contributed by atoms with Crippen LogP contribution in [0.25, 0.3) is 0 Å². The highest BCUT2D eigenvalue weighted by molar-refractivity contribution is 7.70. The lowest BCUT2D eigenvalue weighted by molar-refractivity contribution is -0.137. The smallest absolute Gasteiger partial charge is 0.367 e. The topological polar surface area (TPSA) is 99.3 Å². The number of piperidine rings is 1. The Balaban J connectivity index is 1.42. The number of carbonyl (C=O) groups excluding carboxylic acids is 1. The van der Waals surface area contributed by atoms with Gasteiger partial charge in [0, 0.05) is 35.2 Å². The highest BCUT2D eigenvalue weighted by Crippen LogP contribution is 2.37. The molecule has 0 spiro atoms. The van der Waals surface area contributed by atoms with Crippen LogP contribution in [0.15, 0.2) is 30.5 Å². The number of halogens is 3. The summed E-state index contributed by atoms with van der Waals surface area (Å²) in [6.07, 6.45) is -0.433. The second-order valence-corrected chi connectivity index (χ2v) is 13.6. The molecule has 1 aromatic carbocycles. The Kier molecular flexibility index (Phi) is 8.14. The van der Waals surface area contributed by atoms with Gasteiger partial charge in [-0.3, -0.25) is 4.79 Å². The summed E-state index contributed by atoms with van der Waals surface area (Å²) in [6.45, 7) is 5.20. The largest absolute Gasteiger partial charge is 0.421 e. The van der Waals surface area contributed by atoms with E-state index in [2.05, 4.69) is 37.9 Å². The van der Waals surface area contributed by atoms with E-state index in [0.29, 0.717) is 30.3 Å². The van der Waals surface area contributed by atoms with Crippen LogP contribution in [0.3, 0.4) is 0 Å². The first-order chi connectivity index (χ1) is 17.4. The van der Waals surface area contributed by atoms with Gasteiger partial charge >= 0.3 is 6.18 Å². The molecule has 202 valence electrons. The van der Waals surface area contributed by atoms with Gasteiger partial charge in [-0.25, -0.2) is 4.98 Å². The number of rotatable bonds is 7. The third kappa shape index (κ3) is 7.23. The quantitative estimate of drug-likeness (QED) is 0.453. The minimum atomic E-state index is -4.63. The van der Waals surface area contributed by atoms with Crippen LogP contribution in [0.1, 0.15) is 37.7 Å². The van der Waals surface area contributed by atoms with Crippen LogP contribution in [0.2, 0.25) is 0 Å². The molecule has 0 bridgehead atoms. The fourth-order valence-electron chi connectivity index (χ4n) is 4.81. The van der Waals surface area contributed by atoms with Crippen LogP contribution in [0.4, 0.5) is 30.6 Å². The van der Waals surface area contributed by atoms with Gasteiger partial charge in [-0.2, -0.15) is 18.2 Å². The van der Waals surface area contributed by atoms with Crippen LogP contribution in [0, 0.1) is 5.92 Å². The molecule has 12 heteroatoms. The number of nitrogens with zero attached hydrogens (tertiary/aromatic N) is 3. The lowest BCUT2D eigenvalue weighted by Gasteiger charge is -2.30. The zero-order valence-electron chi connectivity index (χ0n) is 21.3. The van der Waals surface area contributed by atoms with E-state index < -0.39 is 18.9 Å². The SMILES string of the molecule is CN1CCC(NC(=O)C2CCC(Nc3nc(Nc4ccc(P(C)(C)=O)cc4)ncc3C(F)(F)F)C2)CC1. The van der Waals surface area contributed by atoms with Gasteiger partial charge in [0.2, 0.25) is 11.9 Å². The maximum atomic E-state index is 13.7. The van der Waals surface area contributed by atoms with E-state index in [1.165, 1.54) is 0 Å². The molecular weight excluding hydrogens is 504 g/mol. The van der Waals surface area contributed by atoms with Crippen molar-refractivity contribution in [2.45, 2.75) is 50.4 Å². The first kappa shape index (κ1) is 27.4. The first-order valence-electron chi connectivity index (χ1n) is 12.5. The fourth-order valence-corrected chi connectivity index (χ4v) is 5.68. The number of nitrogens with one attached hydrogen (secondary N) is 3. The monoisotopic (exact) mass is 538 g/mol. The molecule has 1 saturated heterocycles. The second kappa shape index (κ2) is 11.0. The Bertz CT molecular complexity index is 1150. The van der Waals surface area contributed by atoms with E-state index in [-0.39, 0.29) is 35.7 Å². The third-order valence-corrected chi connectivity index (χ3v) is 8.59. The third-order valence-electron chi connectivity index (χ3n) is 7.05. The zero-order valence-corrected chi connectivity index (χ0v) is 22.2. The number of anilines is 3. The van der Waals surface area contributed by atoms with E-state index in [9.17, 15) is 22.5 Å². The maximum absolute atomic E-state index is 13.7. The van der Waals surface area contributed by atoms with Crippen molar-refractivity contribution >= 4 is 35.8 Å². The molecule has 1 saturated carbocycles. The van der Waals surface area contributed by atoms with Crippen molar-refractivity contribution in [3.63, 3.8) is 0 Å². The summed E-state index contributed by atoms with van der Waals surface area (Å²) in [7, 11) is -0.364. The van der Waals surface area contributed by atoms with Crippen LogP contribution in [0.5, 0.6) is 0 Å². The van der Waals surface area contributed by atoms with Crippen LogP contribution in [-0.4, -0.2) is 66.3 Å². The van der Waals surface area contributed by atoms with Crippen molar-refractivity contribution in [3.05, 3.63) is 36.0 Å². The number of alkyl halides is 3. The Morgan fingerprint density at radius 2 is 1.73 bits per heavy atom. The molecule has 2 unspecified atom stereocenters. The van der Waals surface area contributed by atoms with Gasteiger partial charge in [0.05, 0.1) is 0 Å². The summed E-state index contributed by atoms with van der Waals surface area (Å²) >= 11 is 0. The van der Waals surface area contributed by atoms with Gasteiger partial charge in [0.1, 0.15) is 18.5 Å². The van der Waals surface area contributed by atoms with Crippen LogP contribution >= 0.6 is 7.14 Å². The van der Waals surface area contributed by atoms with Crippen molar-refractivity contribution in [2.75, 3.05) is 44.1 Å². The molecule has 2 heterocycles. The molecule has 8 nitrogen and oxygen atoms in total. The number of hydrogen-bond donors (Lipinski definition) is 3. The molecule has 3 N–H and O–H groups in total. The molecule has 1 aliphatic heterocycles. The molecule has 2 atom stereocenters. The van der Waals surface area contributed by atoms with Crippen molar-refractivity contribution in [2.24, 2.45) is 5.92 Å². The van der Waals surface area contributed by atoms with Gasteiger partial charge in [-0.05, 0) is 89.8 Å². The average Bonchev–Trinajstić information content (AvgIpc) is 3.28. The summed E-state index contributed by atoms with van der Waals surface area (Å²) in [5.41, 5.74) is -0.389. The average molecular weight is 539 g/mol. The summed E-state index contributed by atoms with van der Waals surface area (Å²) in [5, 5.41) is 9.67. The van der Waals surface area contributed by atoms with Crippen molar-refractivity contribution < 1.29 is 22.5 Å². The molecule has 2 aromatic rings. The van der Waals surface area contributed by atoms with E-state index in [1.807, 2.05) is 0 Å². The Labute approximate surface area is 215 Å².